The third-order valence-corrected chi connectivity index (χ3v) is 4.33. The van der Waals surface area contributed by atoms with Gasteiger partial charge in [0.15, 0.2) is 5.41 Å². The van der Waals surface area contributed by atoms with E-state index in [-0.39, 0.29) is 12.0 Å². The third-order valence-electron chi connectivity index (χ3n) is 4.33. The highest BCUT2D eigenvalue weighted by molar-refractivity contribution is 5.99. The van der Waals surface area contributed by atoms with Crippen LogP contribution >= 0.6 is 0 Å². The fourth-order valence-corrected chi connectivity index (χ4v) is 2.12. The predicted octanol–water partition coefficient (Wildman–Crippen LogP) is 4.52. The van der Waals surface area contributed by atoms with Crippen LogP contribution in [-0.2, 0) is 14.3 Å². The quantitative estimate of drug-likeness (QED) is 0.476. The van der Waals surface area contributed by atoms with Crippen LogP contribution in [0.2, 0.25) is 0 Å². The van der Waals surface area contributed by atoms with Gasteiger partial charge in [-0.2, -0.15) is 0 Å². The summed E-state index contributed by atoms with van der Waals surface area (Å²) in [5.41, 5.74) is -1.41. The van der Waals surface area contributed by atoms with Gasteiger partial charge in [-0.05, 0) is 50.4 Å². The molecule has 0 aliphatic carbocycles. The number of aliphatic carboxylic acids is 1. The van der Waals surface area contributed by atoms with Crippen LogP contribution in [0.25, 0.3) is 0 Å². The summed E-state index contributed by atoms with van der Waals surface area (Å²) in [5.74, 6) is -0.732. The monoisotopic (exact) mass is 314 g/mol. The standard InChI is InChI=1S/C18H34O4/c1-12(2)8-10-18(16(19)20,11-9-13(3)4)17(21)22-15(7)14(5)6/h12-15H,8-11H2,1-7H3,(H,19,20). The molecule has 130 valence electrons. The Morgan fingerprint density at radius 2 is 1.32 bits per heavy atom. The van der Waals surface area contributed by atoms with Crippen molar-refractivity contribution in [2.75, 3.05) is 0 Å². The minimum Gasteiger partial charge on any atom is -0.480 e. The molecule has 0 spiro atoms. The Hall–Kier alpha value is -1.06. The molecule has 0 saturated carbocycles. The average molecular weight is 314 g/mol. The Labute approximate surface area is 135 Å². The van der Waals surface area contributed by atoms with E-state index < -0.39 is 17.4 Å². The number of hydrogen-bond acceptors (Lipinski definition) is 3. The van der Waals surface area contributed by atoms with Crippen LogP contribution in [0.3, 0.4) is 0 Å². The van der Waals surface area contributed by atoms with Gasteiger partial charge in [0.25, 0.3) is 0 Å². The van der Waals surface area contributed by atoms with Crippen LogP contribution in [0.1, 0.15) is 74.1 Å². The molecule has 1 N–H and O–H groups in total. The first kappa shape index (κ1) is 20.9. The first-order chi connectivity index (χ1) is 10.0. The summed E-state index contributed by atoms with van der Waals surface area (Å²) in [6.07, 6.45) is 1.82. The van der Waals surface area contributed by atoms with Gasteiger partial charge in [0.05, 0.1) is 0 Å². The number of carboxylic acid groups (broad SMARTS) is 1. The lowest BCUT2D eigenvalue weighted by Crippen LogP contribution is -2.43. The van der Waals surface area contributed by atoms with Gasteiger partial charge < -0.3 is 9.84 Å². The Bertz CT molecular complexity index is 346. The summed E-state index contributed by atoms with van der Waals surface area (Å²) in [6, 6.07) is 0. The lowest BCUT2D eigenvalue weighted by Gasteiger charge is -2.31. The number of rotatable bonds is 10. The fraction of sp³-hybridized carbons (Fsp3) is 0.889. The van der Waals surface area contributed by atoms with Crippen LogP contribution in [0.15, 0.2) is 0 Å². The highest BCUT2D eigenvalue weighted by Crippen LogP contribution is 2.35. The van der Waals surface area contributed by atoms with E-state index in [0.29, 0.717) is 37.5 Å². The smallest absolute Gasteiger partial charge is 0.323 e. The molecular formula is C18H34O4. The van der Waals surface area contributed by atoms with Crippen molar-refractivity contribution in [3.8, 4) is 0 Å². The number of esters is 1. The Balaban J connectivity index is 5.31. The zero-order valence-electron chi connectivity index (χ0n) is 15.3. The number of hydrogen-bond donors (Lipinski definition) is 1. The molecule has 0 aromatic heterocycles. The number of carbonyl (C=O) groups excluding carboxylic acids is 1. The van der Waals surface area contributed by atoms with Crippen LogP contribution < -0.4 is 0 Å². The maximum atomic E-state index is 12.6. The summed E-state index contributed by atoms with van der Waals surface area (Å²) in [6.45, 7) is 13.9. The van der Waals surface area contributed by atoms with Gasteiger partial charge in [-0.15, -0.1) is 0 Å². The molecule has 0 saturated heterocycles. The normalized spacial score (nSPS) is 13.7. The van der Waals surface area contributed by atoms with Crippen LogP contribution in [-0.4, -0.2) is 23.1 Å². The molecule has 22 heavy (non-hydrogen) atoms. The van der Waals surface area contributed by atoms with Crippen LogP contribution in [0.4, 0.5) is 0 Å². The summed E-state index contributed by atoms with van der Waals surface area (Å²) >= 11 is 0. The van der Waals surface area contributed by atoms with Crippen LogP contribution in [0, 0.1) is 23.2 Å². The molecule has 0 fully saturated rings. The largest absolute Gasteiger partial charge is 0.480 e. The summed E-state index contributed by atoms with van der Waals surface area (Å²) in [4.78, 5) is 24.6. The molecule has 0 aliphatic heterocycles. The van der Waals surface area contributed by atoms with Gasteiger partial charge in [0.2, 0.25) is 0 Å². The zero-order valence-corrected chi connectivity index (χ0v) is 15.3. The highest BCUT2D eigenvalue weighted by atomic mass is 16.5. The fourth-order valence-electron chi connectivity index (χ4n) is 2.12. The second-order valence-corrected chi connectivity index (χ2v) is 7.61. The molecule has 1 atom stereocenters. The zero-order chi connectivity index (χ0) is 17.5. The Kier molecular flexibility index (Phi) is 8.72. The summed E-state index contributed by atoms with van der Waals surface area (Å²) < 4.78 is 5.48. The Morgan fingerprint density at radius 3 is 1.59 bits per heavy atom. The summed E-state index contributed by atoms with van der Waals surface area (Å²) in [5, 5.41) is 9.77. The SMILES string of the molecule is CC(C)CCC(CCC(C)C)(C(=O)O)C(=O)OC(C)C(C)C. The van der Waals surface area contributed by atoms with E-state index in [1.807, 2.05) is 48.5 Å². The van der Waals surface area contributed by atoms with Crippen molar-refractivity contribution in [1.29, 1.82) is 0 Å². The van der Waals surface area contributed by atoms with Crippen molar-refractivity contribution in [2.45, 2.75) is 80.3 Å². The highest BCUT2D eigenvalue weighted by Gasteiger charge is 2.47. The van der Waals surface area contributed by atoms with E-state index in [1.54, 1.807) is 0 Å². The van der Waals surface area contributed by atoms with Gasteiger partial charge in [0, 0.05) is 0 Å². The van der Waals surface area contributed by atoms with E-state index in [0.717, 1.165) is 0 Å². The molecule has 0 aliphatic rings. The minimum atomic E-state index is -1.41. The molecule has 1 unspecified atom stereocenters. The van der Waals surface area contributed by atoms with E-state index in [1.165, 1.54) is 0 Å². The summed E-state index contributed by atoms with van der Waals surface area (Å²) in [7, 11) is 0. The average Bonchev–Trinajstić information content (AvgIpc) is 2.37. The molecule has 0 rings (SSSR count). The van der Waals surface area contributed by atoms with Gasteiger partial charge in [0.1, 0.15) is 6.10 Å². The molecule has 4 heteroatoms. The van der Waals surface area contributed by atoms with Crippen molar-refractivity contribution in [2.24, 2.45) is 23.2 Å². The molecule has 4 nitrogen and oxygen atoms in total. The van der Waals surface area contributed by atoms with Crippen LogP contribution in [0.5, 0.6) is 0 Å². The number of ether oxygens (including phenoxy) is 1. The molecule has 0 amide bonds. The van der Waals surface area contributed by atoms with Gasteiger partial charge in [-0.3, -0.25) is 9.59 Å². The number of carboxylic acids is 1. The lowest BCUT2D eigenvalue weighted by atomic mass is 9.76. The van der Waals surface area contributed by atoms with E-state index in [2.05, 4.69) is 0 Å². The molecule has 0 heterocycles. The maximum Gasteiger partial charge on any atom is 0.323 e. The molecule has 0 aromatic rings. The van der Waals surface area contributed by atoms with Crippen molar-refractivity contribution in [3.05, 3.63) is 0 Å². The first-order valence-corrected chi connectivity index (χ1v) is 8.47. The predicted molar refractivity (Wildman–Crippen MR) is 88.6 cm³/mol. The topological polar surface area (TPSA) is 63.6 Å². The van der Waals surface area contributed by atoms with Gasteiger partial charge in [-0.25, -0.2) is 0 Å². The van der Waals surface area contributed by atoms with Crippen molar-refractivity contribution < 1.29 is 19.4 Å². The lowest BCUT2D eigenvalue weighted by molar-refractivity contribution is -0.175. The van der Waals surface area contributed by atoms with E-state index in [4.69, 9.17) is 4.74 Å². The minimum absolute atomic E-state index is 0.172. The molecule has 0 bridgehead atoms. The molecule has 0 radical (unpaired) electrons. The number of carbonyl (C=O) groups is 2. The molecular weight excluding hydrogens is 280 g/mol. The van der Waals surface area contributed by atoms with Crippen molar-refractivity contribution in [3.63, 3.8) is 0 Å². The first-order valence-electron chi connectivity index (χ1n) is 8.47. The van der Waals surface area contributed by atoms with E-state index in [9.17, 15) is 14.7 Å². The second kappa shape index (κ2) is 9.16. The molecule has 0 aromatic carbocycles. The van der Waals surface area contributed by atoms with E-state index >= 15 is 0 Å². The van der Waals surface area contributed by atoms with Crippen molar-refractivity contribution in [1.82, 2.24) is 0 Å². The third kappa shape index (κ3) is 6.37. The van der Waals surface area contributed by atoms with Gasteiger partial charge in [-0.1, -0.05) is 41.5 Å². The van der Waals surface area contributed by atoms with Crippen molar-refractivity contribution >= 4 is 11.9 Å². The second-order valence-electron chi connectivity index (χ2n) is 7.61. The van der Waals surface area contributed by atoms with Gasteiger partial charge >= 0.3 is 11.9 Å². The maximum absolute atomic E-state index is 12.6. The Morgan fingerprint density at radius 1 is 0.909 bits per heavy atom.